The number of nitrogens with one attached hydrogen (secondary N) is 2. The van der Waals surface area contributed by atoms with Crippen LogP contribution in [0.25, 0.3) is 21.2 Å². The second-order valence-corrected chi connectivity index (χ2v) is 8.05. The number of aromatic nitrogens is 2. The van der Waals surface area contributed by atoms with E-state index < -0.39 is 0 Å². The molecule has 0 saturated heterocycles. The van der Waals surface area contributed by atoms with Gasteiger partial charge in [0.05, 0.1) is 10.2 Å². The Kier molecular flexibility index (Phi) is 3.94. The van der Waals surface area contributed by atoms with Crippen LogP contribution >= 0.6 is 11.3 Å². The summed E-state index contributed by atoms with van der Waals surface area (Å²) in [6.45, 7) is 0. The second kappa shape index (κ2) is 6.49. The zero-order valence-corrected chi connectivity index (χ0v) is 16.3. The number of amides is 1. The Bertz CT molecular complexity index is 1190. The molecule has 1 fully saturated rings. The van der Waals surface area contributed by atoms with E-state index in [-0.39, 0.29) is 5.91 Å². The molecule has 0 bridgehead atoms. The highest BCUT2D eigenvalue weighted by atomic mass is 32.1. The summed E-state index contributed by atoms with van der Waals surface area (Å²) in [6, 6.07) is 9.94. The molecule has 1 aromatic carbocycles. The van der Waals surface area contributed by atoms with Crippen molar-refractivity contribution in [3.05, 3.63) is 41.5 Å². The lowest BCUT2D eigenvalue weighted by atomic mass is 10.2. The fourth-order valence-corrected chi connectivity index (χ4v) is 3.80. The molecule has 0 aliphatic heterocycles. The van der Waals surface area contributed by atoms with Gasteiger partial charge in [-0.1, -0.05) is 0 Å². The number of rotatable bonds is 5. The summed E-state index contributed by atoms with van der Waals surface area (Å²) in [4.78, 5) is 22.9. The molecule has 5 rings (SSSR count). The summed E-state index contributed by atoms with van der Waals surface area (Å²) in [6.07, 6.45) is 2.37. The van der Waals surface area contributed by atoms with Crippen LogP contribution in [0.5, 0.6) is 0 Å². The first-order valence-corrected chi connectivity index (χ1v) is 9.99. The van der Waals surface area contributed by atoms with Gasteiger partial charge in [0.1, 0.15) is 11.4 Å². The van der Waals surface area contributed by atoms with Crippen molar-refractivity contribution < 1.29 is 9.21 Å². The molecule has 0 unspecified atom stereocenters. The maximum Gasteiger partial charge on any atom is 0.289 e. The van der Waals surface area contributed by atoms with Gasteiger partial charge in [-0.3, -0.25) is 4.79 Å². The average Bonchev–Trinajstić information content (AvgIpc) is 3.18. The lowest BCUT2D eigenvalue weighted by Crippen LogP contribution is -2.20. The van der Waals surface area contributed by atoms with Gasteiger partial charge in [0.15, 0.2) is 5.76 Å². The van der Waals surface area contributed by atoms with E-state index in [2.05, 4.69) is 20.6 Å². The Labute approximate surface area is 165 Å². The molecule has 8 heteroatoms. The number of fused-ring (bicyclic) bond motifs is 2. The fourth-order valence-electron chi connectivity index (χ4n) is 3.01. The maximum absolute atomic E-state index is 12.1. The Morgan fingerprint density at radius 1 is 1.21 bits per heavy atom. The highest BCUT2D eigenvalue weighted by Gasteiger charge is 2.23. The van der Waals surface area contributed by atoms with Crippen molar-refractivity contribution >= 4 is 55.9 Å². The van der Waals surface area contributed by atoms with Gasteiger partial charge in [-0.15, -0.1) is 11.3 Å². The molecule has 0 radical (unpaired) electrons. The molecular formula is C20H19N5O2S. The van der Waals surface area contributed by atoms with Crippen LogP contribution in [0.4, 0.5) is 17.5 Å². The number of furan rings is 1. The number of thiophene rings is 1. The van der Waals surface area contributed by atoms with Crippen molar-refractivity contribution in [1.82, 2.24) is 14.9 Å². The molecule has 142 valence electrons. The lowest BCUT2D eigenvalue weighted by molar-refractivity contribution is 0.0799. The first kappa shape index (κ1) is 17.0. The van der Waals surface area contributed by atoms with E-state index in [9.17, 15) is 4.79 Å². The van der Waals surface area contributed by atoms with Crippen LogP contribution in [0.3, 0.4) is 0 Å². The molecule has 1 aliphatic carbocycles. The Morgan fingerprint density at radius 2 is 2.07 bits per heavy atom. The molecule has 1 aliphatic rings. The standard InChI is InChI=1S/C20H19N5O2S/c1-25(2)19(26)16-10-11-9-13(5-6-15(11)27-16)22-20-23-14-7-8-28-17(14)18(24-20)21-12-3-4-12/h5-10,12H,3-4H2,1-2H3,(H2,21,22,23,24). The first-order valence-electron chi connectivity index (χ1n) is 9.11. The van der Waals surface area contributed by atoms with E-state index >= 15 is 0 Å². The summed E-state index contributed by atoms with van der Waals surface area (Å²) in [7, 11) is 3.40. The van der Waals surface area contributed by atoms with Crippen LogP contribution in [0.15, 0.2) is 40.1 Å². The molecule has 1 saturated carbocycles. The third-order valence-corrected chi connectivity index (χ3v) is 5.52. The number of hydrogen-bond acceptors (Lipinski definition) is 7. The number of anilines is 3. The minimum absolute atomic E-state index is 0.159. The van der Waals surface area contributed by atoms with Crippen molar-refractivity contribution in [2.45, 2.75) is 18.9 Å². The van der Waals surface area contributed by atoms with Gasteiger partial charge in [0.25, 0.3) is 5.91 Å². The largest absolute Gasteiger partial charge is 0.451 e. The van der Waals surface area contributed by atoms with Crippen LogP contribution in [0.1, 0.15) is 23.4 Å². The Hall–Kier alpha value is -3.13. The van der Waals surface area contributed by atoms with Gasteiger partial charge in [-0.2, -0.15) is 4.98 Å². The summed E-state index contributed by atoms with van der Waals surface area (Å²) < 4.78 is 6.73. The summed E-state index contributed by atoms with van der Waals surface area (Å²) in [5, 5.41) is 9.65. The van der Waals surface area contributed by atoms with E-state index in [0.29, 0.717) is 23.3 Å². The van der Waals surface area contributed by atoms with Crippen LogP contribution in [-0.2, 0) is 0 Å². The summed E-state index contributed by atoms with van der Waals surface area (Å²) in [5.74, 6) is 1.59. The number of carbonyl (C=O) groups excluding carboxylic acids is 1. The molecule has 2 N–H and O–H groups in total. The predicted octanol–water partition coefficient (Wildman–Crippen LogP) is 4.46. The molecule has 3 heterocycles. The quantitative estimate of drug-likeness (QED) is 0.521. The van der Waals surface area contributed by atoms with E-state index in [1.54, 1.807) is 31.5 Å². The van der Waals surface area contributed by atoms with E-state index in [1.165, 1.54) is 17.7 Å². The van der Waals surface area contributed by atoms with Crippen molar-refractivity contribution in [3.8, 4) is 0 Å². The van der Waals surface area contributed by atoms with Gasteiger partial charge >= 0.3 is 0 Å². The highest BCUT2D eigenvalue weighted by molar-refractivity contribution is 7.17. The number of nitrogens with zero attached hydrogens (tertiary/aromatic N) is 3. The van der Waals surface area contributed by atoms with Gasteiger partial charge in [-0.05, 0) is 48.6 Å². The van der Waals surface area contributed by atoms with Crippen LogP contribution in [0, 0.1) is 0 Å². The van der Waals surface area contributed by atoms with Crippen LogP contribution in [0.2, 0.25) is 0 Å². The molecular weight excluding hydrogens is 374 g/mol. The topological polar surface area (TPSA) is 83.3 Å². The summed E-state index contributed by atoms with van der Waals surface area (Å²) >= 11 is 1.64. The third-order valence-electron chi connectivity index (χ3n) is 4.61. The monoisotopic (exact) mass is 393 g/mol. The average molecular weight is 393 g/mol. The van der Waals surface area contributed by atoms with Crippen molar-refractivity contribution in [2.75, 3.05) is 24.7 Å². The van der Waals surface area contributed by atoms with Gasteiger partial charge in [0.2, 0.25) is 5.95 Å². The minimum Gasteiger partial charge on any atom is -0.451 e. The van der Waals surface area contributed by atoms with Gasteiger partial charge < -0.3 is 20.0 Å². The molecule has 28 heavy (non-hydrogen) atoms. The maximum atomic E-state index is 12.1. The zero-order valence-electron chi connectivity index (χ0n) is 15.5. The molecule has 3 aromatic heterocycles. The third kappa shape index (κ3) is 3.16. The van der Waals surface area contributed by atoms with Crippen molar-refractivity contribution in [1.29, 1.82) is 0 Å². The number of benzene rings is 1. The van der Waals surface area contributed by atoms with Crippen molar-refractivity contribution in [3.63, 3.8) is 0 Å². The zero-order chi connectivity index (χ0) is 19.3. The van der Waals surface area contributed by atoms with Crippen LogP contribution < -0.4 is 10.6 Å². The minimum atomic E-state index is -0.159. The van der Waals surface area contributed by atoms with Crippen molar-refractivity contribution in [2.24, 2.45) is 0 Å². The summed E-state index contributed by atoms with van der Waals surface area (Å²) in [5.41, 5.74) is 2.43. The molecule has 7 nitrogen and oxygen atoms in total. The first-order chi connectivity index (χ1) is 13.6. The predicted molar refractivity (Wildman–Crippen MR) is 112 cm³/mol. The molecule has 0 spiro atoms. The Balaban J connectivity index is 1.46. The SMILES string of the molecule is CN(C)C(=O)c1cc2cc(Nc3nc(NC4CC4)c4sccc4n3)ccc2o1. The second-order valence-electron chi connectivity index (χ2n) is 7.14. The Morgan fingerprint density at radius 3 is 2.86 bits per heavy atom. The fraction of sp³-hybridized carbons (Fsp3) is 0.250. The number of carbonyl (C=O) groups is 1. The van der Waals surface area contributed by atoms with Gasteiger partial charge in [0, 0.05) is 31.2 Å². The number of hydrogen-bond donors (Lipinski definition) is 2. The molecule has 0 atom stereocenters. The van der Waals surface area contributed by atoms with E-state index in [1.807, 2.05) is 29.6 Å². The van der Waals surface area contributed by atoms with E-state index in [4.69, 9.17) is 4.42 Å². The smallest absolute Gasteiger partial charge is 0.289 e. The highest BCUT2D eigenvalue weighted by Crippen LogP contribution is 2.32. The molecule has 4 aromatic rings. The van der Waals surface area contributed by atoms with Crippen LogP contribution in [-0.4, -0.2) is 40.9 Å². The van der Waals surface area contributed by atoms with Gasteiger partial charge in [-0.25, -0.2) is 4.98 Å². The normalized spacial score (nSPS) is 13.8. The molecule has 1 amide bonds. The lowest BCUT2D eigenvalue weighted by Gasteiger charge is -2.09. The van der Waals surface area contributed by atoms with E-state index in [0.717, 1.165) is 27.1 Å².